The van der Waals surface area contributed by atoms with Crippen LogP contribution in [0.1, 0.15) is 51.6 Å². The molecule has 0 bridgehead atoms. The predicted molar refractivity (Wildman–Crippen MR) is 85.7 cm³/mol. The van der Waals surface area contributed by atoms with Crippen LogP contribution in [-0.2, 0) is 5.41 Å². The molecule has 1 aliphatic rings. The maximum absolute atomic E-state index is 4.78. The maximum Gasteiger partial charge on any atom is 0.138 e. The van der Waals surface area contributed by atoms with E-state index in [1.165, 1.54) is 11.3 Å². The average Bonchev–Trinajstić information content (AvgIpc) is 2.62. The lowest BCUT2D eigenvalue weighted by atomic mass is 9.88. The normalized spacial score (nSPS) is 17.2. The molecule has 0 saturated heterocycles. The second-order valence-electron chi connectivity index (χ2n) is 7.26. The van der Waals surface area contributed by atoms with Crippen LogP contribution in [0.25, 0.3) is 17.8 Å². The van der Waals surface area contributed by atoms with E-state index in [1.807, 2.05) is 0 Å². The van der Waals surface area contributed by atoms with E-state index in [0.29, 0.717) is 0 Å². The topological polar surface area (TPSA) is 17.3 Å². The zero-order valence-corrected chi connectivity index (χ0v) is 12.9. The van der Waals surface area contributed by atoms with Gasteiger partial charge in [0.1, 0.15) is 5.65 Å². The third-order valence-corrected chi connectivity index (χ3v) is 3.90. The summed E-state index contributed by atoms with van der Waals surface area (Å²) in [5.41, 5.74) is 4.81. The Morgan fingerprint density at radius 3 is 2.50 bits per heavy atom. The van der Waals surface area contributed by atoms with Crippen molar-refractivity contribution in [1.82, 2.24) is 9.38 Å². The molecule has 2 aromatic rings. The van der Waals surface area contributed by atoms with Gasteiger partial charge in [0.05, 0.1) is 11.4 Å². The molecule has 0 fully saturated rings. The van der Waals surface area contributed by atoms with E-state index in [2.05, 4.69) is 81.7 Å². The van der Waals surface area contributed by atoms with Crippen LogP contribution in [0.2, 0.25) is 0 Å². The zero-order chi connectivity index (χ0) is 14.5. The highest BCUT2D eigenvalue weighted by atomic mass is 15.0. The van der Waals surface area contributed by atoms with Crippen molar-refractivity contribution in [3.63, 3.8) is 0 Å². The molecule has 0 aromatic carbocycles. The zero-order valence-electron chi connectivity index (χ0n) is 12.9. The number of rotatable bonds is 0. The van der Waals surface area contributed by atoms with Crippen molar-refractivity contribution in [3.05, 3.63) is 47.4 Å². The average molecular weight is 266 g/mol. The molecule has 0 aliphatic heterocycles. The van der Waals surface area contributed by atoms with Gasteiger partial charge >= 0.3 is 0 Å². The minimum Gasteiger partial charge on any atom is -0.300 e. The van der Waals surface area contributed by atoms with Gasteiger partial charge in [0, 0.05) is 11.6 Å². The van der Waals surface area contributed by atoms with Crippen LogP contribution in [0.4, 0.5) is 0 Å². The summed E-state index contributed by atoms with van der Waals surface area (Å²) in [6.07, 6.45) is 10.9. The Morgan fingerprint density at radius 2 is 1.80 bits per heavy atom. The van der Waals surface area contributed by atoms with E-state index in [9.17, 15) is 0 Å². The van der Waals surface area contributed by atoms with Crippen molar-refractivity contribution >= 4 is 17.8 Å². The Balaban J connectivity index is 2.19. The van der Waals surface area contributed by atoms with Gasteiger partial charge in [-0.25, -0.2) is 4.98 Å². The molecule has 1 aliphatic carbocycles. The second-order valence-corrected chi connectivity index (χ2v) is 7.26. The number of hydrogen-bond acceptors (Lipinski definition) is 1. The lowest BCUT2D eigenvalue weighted by Crippen LogP contribution is -2.11. The highest BCUT2D eigenvalue weighted by molar-refractivity contribution is 5.68. The van der Waals surface area contributed by atoms with Crippen molar-refractivity contribution in [2.45, 2.75) is 40.0 Å². The lowest BCUT2D eigenvalue weighted by Gasteiger charge is -2.18. The molecule has 104 valence electrons. The molecular weight excluding hydrogens is 244 g/mol. The van der Waals surface area contributed by atoms with Crippen molar-refractivity contribution < 1.29 is 0 Å². The van der Waals surface area contributed by atoms with Crippen LogP contribution in [0.5, 0.6) is 0 Å². The summed E-state index contributed by atoms with van der Waals surface area (Å²) in [4.78, 5) is 4.78. The van der Waals surface area contributed by atoms with Crippen LogP contribution in [0.3, 0.4) is 0 Å². The number of aromatic nitrogens is 2. The molecular formula is C18H22N2. The van der Waals surface area contributed by atoms with Crippen molar-refractivity contribution in [2.24, 2.45) is 5.41 Å². The largest absolute Gasteiger partial charge is 0.300 e. The predicted octanol–water partition coefficient (Wildman–Crippen LogP) is 4.70. The Bertz CT molecular complexity index is 722. The lowest BCUT2D eigenvalue weighted by molar-refractivity contribution is 0.589. The molecule has 2 heterocycles. The summed E-state index contributed by atoms with van der Waals surface area (Å²) < 4.78 is 2.17. The summed E-state index contributed by atoms with van der Waals surface area (Å²) in [5.74, 6) is 0. The number of nitrogens with zero attached hydrogens (tertiary/aromatic N) is 2. The summed E-state index contributed by atoms with van der Waals surface area (Å²) in [6, 6.07) is 4.39. The first-order valence-electron chi connectivity index (χ1n) is 7.17. The number of allylic oxidation sites excluding steroid dienone is 2. The van der Waals surface area contributed by atoms with Gasteiger partial charge in [-0.2, -0.15) is 0 Å². The van der Waals surface area contributed by atoms with Crippen molar-refractivity contribution in [1.29, 1.82) is 0 Å². The minimum atomic E-state index is 0.0892. The monoisotopic (exact) mass is 266 g/mol. The van der Waals surface area contributed by atoms with E-state index in [-0.39, 0.29) is 10.8 Å². The summed E-state index contributed by atoms with van der Waals surface area (Å²) in [7, 11) is 0. The van der Waals surface area contributed by atoms with E-state index < -0.39 is 0 Å². The molecule has 2 heteroatoms. The van der Waals surface area contributed by atoms with E-state index in [4.69, 9.17) is 4.98 Å². The van der Waals surface area contributed by atoms with Gasteiger partial charge in [-0.15, -0.1) is 0 Å². The van der Waals surface area contributed by atoms with E-state index in [0.717, 1.165) is 11.3 Å². The van der Waals surface area contributed by atoms with Crippen LogP contribution in [0, 0.1) is 5.41 Å². The fourth-order valence-electron chi connectivity index (χ4n) is 2.48. The Morgan fingerprint density at radius 1 is 1.10 bits per heavy atom. The third kappa shape index (κ3) is 2.20. The number of hydrogen-bond donors (Lipinski definition) is 0. The fraction of sp³-hybridized carbons (Fsp3) is 0.389. The second kappa shape index (κ2) is 4.08. The highest BCUT2D eigenvalue weighted by Gasteiger charge is 2.18. The van der Waals surface area contributed by atoms with Gasteiger partial charge in [-0.3, -0.25) is 4.40 Å². The molecule has 0 unspecified atom stereocenters. The summed E-state index contributed by atoms with van der Waals surface area (Å²) in [6.45, 7) is 11.1. The van der Waals surface area contributed by atoms with Crippen molar-refractivity contribution in [3.8, 4) is 0 Å². The van der Waals surface area contributed by atoms with Gasteiger partial charge in [0.2, 0.25) is 0 Å². The molecule has 0 atom stereocenters. The molecule has 2 nitrogen and oxygen atoms in total. The molecule has 0 spiro atoms. The van der Waals surface area contributed by atoms with Crippen LogP contribution in [0.15, 0.2) is 30.5 Å². The quantitative estimate of drug-likeness (QED) is 0.675. The standard InChI is InChI=1S/C18H22N2/c1-17(2,3)13-8-11-20-15-7-10-18(4,5)9-6-14(15)19-16(20)12-13/h6-12H,1-5H3. The SMILES string of the molecule is CC1(C)C=Cc2nc3cc(C(C)(C)C)ccn3c2C=C1. The fourth-order valence-corrected chi connectivity index (χ4v) is 2.48. The Labute approximate surface area is 120 Å². The van der Waals surface area contributed by atoms with Gasteiger partial charge in [-0.1, -0.05) is 46.8 Å². The maximum atomic E-state index is 4.78. The molecule has 0 saturated carbocycles. The van der Waals surface area contributed by atoms with Gasteiger partial charge < -0.3 is 0 Å². The first kappa shape index (κ1) is 13.2. The van der Waals surface area contributed by atoms with E-state index >= 15 is 0 Å². The number of pyridine rings is 1. The first-order valence-corrected chi connectivity index (χ1v) is 7.17. The highest BCUT2D eigenvalue weighted by Crippen LogP contribution is 2.29. The van der Waals surface area contributed by atoms with E-state index in [1.54, 1.807) is 0 Å². The molecule has 20 heavy (non-hydrogen) atoms. The van der Waals surface area contributed by atoms with Crippen molar-refractivity contribution in [2.75, 3.05) is 0 Å². The van der Waals surface area contributed by atoms with Crippen LogP contribution >= 0.6 is 0 Å². The van der Waals surface area contributed by atoms with Gasteiger partial charge in [-0.05, 0) is 35.3 Å². The number of imidazole rings is 1. The molecule has 0 amide bonds. The van der Waals surface area contributed by atoms with Crippen LogP contribution < -0.4 is 0 Å². The summed E-state index contributed by atoms with van der Waals surface area (Å²) >= 11 is 0. The molecule has 0 radical (unpaired) electrons. The van der Waals surface area contributed by atoms with Gasteiger partial charge in [0.15, 0.2) is 0 Å². The molecule has 2 aromatic heterocycles. The molecule has 0 N–H and O–H groups in total. The summed E-state index contributed by atoms with van der Waals surface area (Å²) in [5, 5.41) is 0. The van der Waals surface area contributed by atoms with Crippen LogP contribution in [-0.4, -0.2) is 9.38 Å². The van der Waals surface area contributed by atoms with Gasteiger partial charge in [0.25, 0.3) is 0 Å². The Hall–Kier alpha value is -1.83. The Kier molecular flexibility index (Phi) is 2.69. The first-order chi connectivity index (χ1) is 9.26. The minimum absolute atomic E-state index is 0.0892. The molecule has 3 rings (SSSR count). The number of fused-ring (bicyclic) bond motifs is 3. The third-order valence-electron chi connectivity index (χ3n) is 3.90. The smallest absolute Gasteiger partial charge is 0.138 e.